The average molecular weight is 342 g/mol. The van der Waals surface area contributed by atoms with Gasteiger partial charge in [0.15, 0.2) is 0 Å². The molecular weight excluding hydrogens is 321 g/mol. The highest BCUT2D eigenvalue weighted by Crippen LogP contribution is 2.35. The third-order valence-corrected chi connectivity index (χ3v) is 4.93. The van der Waals surface area contributed by atoms with Crippen LogP contribution in [-0.4, -0.2) is 0 Å². The first-order valence-corrected chi connectivity index (χ1v) is 8.09. The zero-order valence-electron chi connectivity index (χ0n) is 12.3. The molecule has 2 aromatic carbocycles. The van der Waals surface area contributed by atoms with Gasteiger partial charge in [-0.2, -0.15) is 0 Å². The molecule has 0 saturated carbocycles. The molecule has 0 aliphatic carbocycles. The molecule has 4 heteroatoms. The molecule has 1 unspecified atom stereocenters. The number of nitrogens with two attached hydrogens (primary N) is 1. The Bertz CT molecular complexity index is 557. The summed E-state index contributed by atoms with van der Waals surface area (Å²) in [5.74, 6) is 0.474. The van der Waals surface area contributed by atoms with Gasteiger partial charge in [-0.1, -0.05) is 61.8 Å². The maximum Gasteiger partial charge on any atom is 0.0406 e. The van der Waals surface area contributed by atoms with Gasteiger partial charge in [-0.3, -0.25) is 0 Å². The number of hydrogen-bond donors (Lipinski definition) is 1. The largest absolute Gasteiger partial charge is 0.324 e. The zero-order valence-corrected chi connectivity index (χ0v) is 14.6. The number of benzene rings is 2. The SMILES string of the molecule is CCC(C)[C@@H](N)c1ccccc1Sc1ccc(Cl)cc1.Cl. The maximum absolute atomic E-state index is 6.39. The van der Waals surface area contributed by atoms with E-state index in [1.807, 2.05) is 24.3 Å². The molecule has 0 aromatic heterocycles. The molecule has 2 N–H and O–H groups in total. The molecule has 1 nitrogen and oxygen atoms in total. The lowest BCUT2D eigenvalue weighted by Gasteiger charge is -2.21. The fourth-order valence-corrected chi connectivity index (χ4v) is 3.16. The molecule has 0 amide bonds. The highest BCUT2D eigenvalue weighted by molar-refractivity contribution is 7.99. The van der Waals surface area contributed by atoms with Crippen molar-refractivity contribution >= 4 is 35.8 Å². The van der Waals surface area contributed by atoms with Crippen molar-refractivity contribution in [2.75, 3.05) is 0 Å². The van der Waals surface area contributed by atoms with E-state index in [0.29, 0.717) is 5.92 Å². The van der Waals surface area contributed by atoms with Crippen LogP contribution in [0.4, 0.5) is 0 Å². The lowest BCUT2D eigenvalue weighted by atomic mass is 9.93. The van der Waals surface area contributed by atoms with Crippen molar-refractivity contribution < 1.29 is 0 Å². The van der Waals surface area contributed by atoms with Gasteiger partial charge in [0.2, 0.25) is 0 Å². The van der Waals surface area contributed by atoms with Crippen molar-refractivity contribution in [3.05, 3.63) is 59.1 Å². The first kappa shape index (κ1) is 18.4. The summed E-state index contributed by atoms with van der Waals surface area (Å²) in [4.78, 5) is 2.40. The van der Waals surface area contributed by atoms with Crippen LogP contribution in [0.3, 0.4) is 0 Å². The van der Waals surface area contributed by atoms with Crippen LogP contribution < -0.4 is 5.73 Å². The van der Waals surface area contributed by atoms with Gasteiger partial charge in [-0.25, -0.2) is 0 Å². The highest BCUT2D eigenvalue weighted by Gasteiger charge is 2.16. The normalized spacial score (nSPS) is 13.3. The van der Waals surface area contributed by atoms with Crippen molar-refractivity contribution in [2.45, 2.75) is 36.1 Å². The van der Waals surface area contributed by atoms with E-state index in [-0.39, 0.29) is 18.4 Å². The fraction of sp³-hybridized carbons (Fsp3) is 0.294. The number of hydrogen-bond acceptors (Lipinski definition) is 2. The molecule has 0 bridgehead atoms. The van der Waals surface area contributed by atoms with E-state index in [1.54, 1.807) is 11.8 Å². The predicted octanol–water partition coefficient (Wildman–Crippen LogP) is 5.96. The quantitative estimate of drug-likeness (QED) is 0.725. The molecule has 0 fully saturated rings. The van der Waals surface area contributed by atoms with E-state index < -0.39 is 0 Å². The van der Waals surface area contributed by atoms with Crippen LogP contribution in [0.5, 0.6) is 0 Å². The Balaban J connectivity index is 0.00000220. The molecule has 0 saturated heterocycles. The van der Waals surface area contributed by atoms with Crippen LogP contribution in [0.2, 0.25) is 5.02 Å². The summed E-state index contributed by atoms with van der Waals surface area (Å²) in [6, 6.07) is 16.4. The molecule has 0 aliphatic rings. The Labute approximate surface area is 142 Å². The second-order valence-electron chi connectivity index (χ2n) is 5.01. The lowest BCUT2D eigenvalue weighted by molar-refractivity contribution is 0.452. The standard InChI is InChI=1S/C17H20ClNS.ClH/c1-3-12(2)17(19)15-6-4-5-7-16(15)20-14-10-8-13(18)9-11-14;/h4-12,17H,3,19H2,1-2H3;1H/t12?,17-;/m1./s1. The molecule has 0 radical (unpaired) electrons. The van der Waals surface area contributed by atoms with Crippen LogP contribution in [0.25, 0.3) is 0 Å². The van der Waals surface area contributed by atoms with E-state index >= 15 is 0 Å². The molecule has 2 rings (SSSR count). The fourth-order valence-electron chi connectivity index (χ4n) is 2.04. The van der Waals surface area contributed by atoms with E-state index in [0.717, 1.165) is 11.4 Å². The summed E-state index contributed by atoms with van der Waals surface area (Å²) in [6.07, 6.45) is 1.08. The Kier molecular flexibility index (Phi) is 7.61. The monoisotopic (exact) mass is 341 g/mol. The van der Waals surface area contributed by atoms with Gasteiger partial charge in [0.25, 0.3) is 0 Å². The molecule has 2 atom stereocenters. The van der Waals surface area contributed by atoms with E-state index in [4.69, 9.17) is 17.3 Å². The third kappa shape index (κ3) is 4.93. The van der Waals surface area contributed by atoms with Gasteiger partial charge in [0.05, 0.1) is 0 Å². The van der Waals surface area contributed by atoms with Crippen LogP contribution in [0.15, 0.2) is 58.3 Å². The Morgan fingerprint density at radius 2 is 1.71 bits per heavy atom. The van der Waals surface area contributed by atoms with Crippen molar-refractivity contribution in [3.8, 4) is 0 Å². The second-order valence-corrected chi connectivity index (χ2v) is 6.56. The predicted molar refractivity (Wildman–Crippen MR) is 95.6 cm³/mol. The van der Waals surface area contributed by atoms with E-state index in [1.165, 1.54) is 15.4 Å². The van der Waals surface area contributed by atoms with E-state index in [9.17, 15) is 0 Å². The van der Waals surface area contributed by atoms with Crippen LogP contribution >= 0.6 is 35.8 Å². The molecule has 0 heterocycles. The number of rotatable bonds is 5. The molecule has 2 aromatic rings. The van der Waals surface area contributed by atoms with Crippen LogP contribution in [0.1, 0.15) is 31.9 Å². The lowest BCUT2D eigenvalue weighted by Crippen LogP contribution is -2.19. The average Bonchev–Trinajstić information content (AvgIpc) is 2.48. The van der Waals surface area contributed by atoms with Crippen molar-refractivity contribution in [1.82, 2.24) is 0 Å². The first-order chi connectivity index (χ1) is 9.61. The van der Waals surface area contributed by atoms with Crippen molar-refractivity contribution in [1.29, 1.82) is 0 Å². The maximum atomic E-state index is 6.39. The topological polar surface area (TPSA) is 26.0 Å². The minimum Gasteiger partial charge on any atom is -0.324 e. The molecular formula is C17H21Cl2NS. The second kappa shape index (κ2) is 8.70. The Morgan fingerprint density at radius 3 is 2.33 bits per heavy atom. The van der Waals surface area contributed by atoms with E-state index in [2.05, 4.69) is 38.1 Å². The minimum absolute atomic E-state index is 0. The van der Waals surface area contributed by atoms with Gasteiger partial charge < -0.3 is 5.73 Å². The van der Waals surface area contributed by atoms with Crippen LogP contribution in [0, 0.1) is 5.92 Å². The van der Waals surface area contributed by atoms with Gasteiger partial charge in [-0.15, -0.1) is 12.4 Å². The summed E-state index contributed by atoms with van der Waals surface area (Å²) < 4.78 is 0. The van der Waals surface area contributed by atoms with Crippen LogP contribution in [-0.2, 0) is 0 Å². The van der Waals surface area contributed by atoms with Gasteiger partial charge in [0, 0.05) is 20.9 Å². The van der Waals surface area contributed by atoms with Gasteiger partial charge in [0.1, 0.15) is 0 Å². The third-order valence-electron chi connectivity index (χ3n) is 3.58. The zero-order chi connectivity index (χ0) is 14.5. The summed E-state index contributed by atoms with van der Waals surface area (Å²) in [5.41, 5.74) is 7.62. The van der Waals surface area contributed by atoms with Crippen molar-refractivity contribution in [2.24, 2.45) is 11.7 Å². The van der Waals surface area contributed by atoms with Crippen molar-refractivity contribution in [3.63, 3.8) is 0 Å². The number of halogens is 2. The summed E-state index contributed by atoms with van der Waals surface area (Å²) in [5, 5.41) is 0.763. The van der Waals surface area contributed by atoms with Gasteiger partial charge in [-0.05, 0) is 41.8 Å². The summed E-state index contributed by atoms with van der Waals surface area (Å²) in [6.45, 7) is 4.38. The molecule has 114 valence electrons. The first-order valence-electron chi connectivity index (χ1n) is 6.89. The highest BCUT2D eigenvalue weighted by atomic mass is 35.5. The smallest absolute Gasteiger partial charge is 0.0406 e. The molecule has 21 heavy (non-hydrogen) atoms. The Hall–Kier alpha value is -0.670. The Morgan fingerprint density at radius 1 is 1.10 bits per heavy atom. The summed E-state index contributed by atoms with van der Waals surface area (Å²) >= 11 is 7.67. The minimum atomic E-state index is 0. The molecule has 0 spiro atoms. The molecule has 0 aliphatic heterocycles. The van der Waals surface area contributed by atoms with Gasteiger partial charge >= 0.3 is 0 Å². The summed E-state index contributed by atoms with van der Waals surface area (Å²) in [7, 11) is 0.